The molecule has 3 N–H and O–H groups in total. The van der Waals surface area contributed by atoms with Gasteiger partial charge in [-0.2, -0.15) is 0 Å². The highest BCUT2D eigenvalue weighted by atomic mass is 19.1. The van der Waals surface area contributed by atoms with E-state index in [4.69, 9.17) is 10.8 Å². The Morgan fingerprint density at radius 1 is 1.38 bits per heavy atom. The molecule has 0 saturated carbocycles. The summed E-state index contributed by atoms with van der Waals surface area (Å²) in [4.78, 5) is 10.3. The fourth-order valence-corrected chi connectivity index (χ4v) is 0.969. The van der Waals surface area contributed by atoms with Gasteiger partial charge in [0.05, 0.1) is 0 Å². The molecular formula is C9H10FNO2. The first-order valence-corrected chi connectivity index (χ1v) is 3.80. The molecule has 0 radical (unpaired) electrons. The van der Waals surface area contributed by atoms with Gasteiger partial charge in [-0.15, -0.1) is 0 Å². The van der Waals surface area contributed by atoms with E-state index in [-0.39, 0.29) is 5.56 Å². The Hall–Kier alpha value is -1.42. The predicted octanol–water partition coefficient (Wildman–Crippen LogP) is 1.11. The van der Waals surface area contributed by atoms with E-state index in [0.29, 0.717) is 0 Å². The minimum absolute atomic E-state index is 0.289. The molecular weight excluding hydrogens is 173 g/mol. The zero-order chi connectivity index (χ0) is 9.84. The molecule has 0 heterocycles. The van der Waals surface area contributed by atoms with Crippen LogP contribution in [-0.4, -0.2) is 17.1 Å². The van der Waals surface area contributed by atoms with Gasteiger partial charge in [0, 0.05) is 0 Å². The second kappa shape index (κ2) is 4.00. The first kappa shape index (κ1) is 9.67. The van der Waals surface area contributed by atoms with Crippen molar-refractivity contribution in [1.82, 2.24) is 0 Å². The molecule has 1 aromatic carbocycles. The van der Waals surface area contributed by atoms with Crippen LogP contribution in [0.2, 0.25) is 0 Å². The molecule has 1 unspecified atom stereocenters. The minimum Gasteiger partial charge on any atom is -0.480 e. The Kier molecular flexibility index (Phi) is 2.97. The highest BCUT2D eigenvalue weighted by molar-refractivity contribution is 5.74. The molecule has 70 valence electrons. The Morgan fingerprint density at radius 3 is 2.38 bits per heavy atom. The molecule has 0 aliphatic carbocycles. The van der Waals surface area contributed by atoms with Crippen LogP contribution in [0.3, 0.4) is 0 Å². The summed E-state index contributed by atoms with van der Waals surface area (Å²) in [7, 11) is 0. The Labute approximate surface area is 75.0 Å². The molecule has 0 aliphatic rings. The number of hydrogen-bond acceptors (Lipinski definition) is 2. The molecule has 0 aliphatic heterocycles. The highest BCUT2D eigenvalue weighted by Gasteiger charge is 2.24. The van der Waals surface area contributed by atoms with E-state index in [2.05, 4.69) is 0 Å². The van der Waals surface area contributed by atoms with Gasteiger partial charge in [0.2, 0.25) is 0 Å². The second-order valence-electron chi connectivity index (χ2n) is 2.68. The van der Waals surface area contributed by atoms with Gasteiger partial charge in [0.1, 0.15) is 6.04 Å². The number of carboxylic acid groups (broad SMARTS) is 1. The van der Waals surface area contributed by atoms with Gasteiger partial charge in [-0.1, -0.05) is 30.3 Å². The topological polar surface area (TPSA) is 63.3 Å². The monoisotopic (exact) mass is 183 g/mol. The van der Waals surface area contributed by atoms with E-state index in [1.807, 2.05) is 0 Å². The first-order chi connectivity index (χ1) is 6.13. The molecule has 13 heavy (non-hydrogen) atoms. The van der Waals surface area contributed by atoms with Crippen LogP contribution in [0.15, 0.2) is 30.3 Å². The van der Waals surface area contributed by atoms with Crippen molar-refractivity contribution in [2.75, 3.05) is 0 Å². The van der Waals surface area contributed by atoms with Crippen molar-refractivity contribution in [1.29, 1.82) is 0 Å². The molecule has 0 spiro atoms. The lowest BCUT2D eigenvalue weighted by Gasteiger charge is -2.12. The molecule has 2 atom stereocenters. The fraction of sp³-hybridized carbons (Fsp3) is 0.222. The maximum Gasteiger partial charge on any atom is 0.323 e. The van der Waals surface area contributed by atoms with Crippen molar-refractivity contribution >= 4 is 5.97 Å². The normalized spacial score (nSPS) is 14.9. The summed E-state index contributed by atoms with van der Waals surface area (Å²) in [6, 6.07) is 6.51. The molecule has 1 aromatic rings. The van der Waals surface area contributed by atoms with Crippen molar-refractivity contribution in [3.05, 3.63) is 35.9 Å². The largest absolute Gasteiger partial charge is 0.480 e. The number of benzene rings is 1. The van der Waals surface area contributed by atoms with Crippen molar-refractivity contribution in [2.24, 2.45) is 5.73 Å². The zero-order valence-electron chi connectivity index (χ0n) is 6.85. The van der Waals surface area contributed by atoms with Crippen LogP contribution in [0.5, 0.6) is 0 Å². The molecule has 0 bridgehead atoms. The SMILES string of the molecule is N[C@H](C(=O)O)C(F)c1ccccc1. The zero-order valence-corrected chi connectivity index (χ0v) is 6.85. The summed E-state index contributed by atoms with van der Waals surface area (Å²) in [5.74, 6) is -1.34. The third-order valence-electron chi connectivity index (χ3n) is 1.72. The molecule has 0 fully saturated rings. The third kappa shape index (κ3) is 2.26. The second-order valence-corrected chi connectivity index (χ2v) is 2.68. The average molecular weight is 183 g/mol. The van der Waals surface area contributed by atoms with Crippen LogP contribution in [-0.2, 0) is 4.79 Å². The van der Waals surface area contributed by atoms with Gasteiger partial charge in [-0.3, -0.25) is 4.79 Å². The summed E-state index contributed by atoms with van der Waals surface area (Å²) in [6.45, 7) is 0. The smallest absolute Gasteiger partial charge is 0.323 e. The van der Waals surface area contributed by atoms with Crippen molar-refractivity contribution < 1.29 is 14.3 Å². The van der Waals surface area contributed by atoms with Gasteiger partial charge >= 0.3 is 5.97 Å². The minimum atomic E-state index is -1.65. The van der Waals surface area contributed by atoms with Gasteiger partial charge < -0.3 is 10.8 Å². The van der Waals surface area contributed by atoms with E-state index in [9.17, 15) is 9.18 Å². The van der Waals surface area contributed by atoms with Gasteiger partial charge in [-0.05, 0) is 5.56 Å². The van der Waals surface area contributed by atoms with Crippen LogP contribution in [0, 0.1) is 0 Å². The summed E-state index contributed by atoms with van der Waals surface area (Å²) in [5.41, 5.74) is 5.41. The fourth-order valence-electron chi connectivity index (χ4n) is 0.969. The van der Waals surface area contributed by atoms with E-state index in [1.165, 1.54) is 12.1 Å². The number of aliphatic carboxylic acids is 1. The molecule has 0 aromatic heterocycles. The lowest BCUT2D eigenvalue weighted by Crippen LogP contribution is -2.34. The average Bonchev–Trinajstić information content (AvgIpc) is 2.17. The summed E-state index contributed by atoms with van der Waals surface area (Å²) >= 11 is 0. The Morgan fingerprint density at radius 2 is 1.92 bits per heavy atom. The number of halogens is 1. The Balaban J connectivity index is 2.79. The number of carboxylic acids is 1. The van der Waals surface area contributed by atoms with Crippen molar-refractivity contribution in [3.8, 4) is 0 Å². The summed E-state index contributed by atoms with van der Waals surface area (Å²) < 4.78 is 13.3. The van der Waals surface area contributed by atoms with Crippen molar-refractivity contribution in [2.45, 2.75) is 12.2 Å². The lowest BCUT2D eigenvalue weighted by atomic mass is 10.0. The predicted molar refractivity (Wildman–Crippen MR) is 45.9 cm³/mol. The van der Waals surface area contributed by atoms with Gasteiger partial charge in [0.25, 0.3) is 0 Å². The van der Waals surface area contributed by atoms with Crippen LogP contribution in [0.1, 0.15) is 11.7 Å². The number of rotatable bonds is 3. The van der Waals surface area contributed by atoms with E-state index in [1.54, 1.807) is 18.2 Å². The van der Waals surface area contributed by atoms with E-state index in [0.717, 1.165) is 0 Å². The Bertz CT molecular complexity index is 289. The van der Waals surface area contributed by atoms with Crippen LogP contribution in [0.25, 0.3) is 0 Å². The number of nitrogens with two attached hydrogens (primary N) is 1. The lowest BCUT2D eigenvalue weighted by molar-refractivity contribution is -0.140. The quantitative estimate of drug-likeness (QED) is 0.737. The molecule has 0 amide bonds. The molecule has 0 saturated heterocycles. The number of hydrogen-bond donors (Lipinski definition) is 2. The summed E-state index contributed by atoms with van der Waals surface area (Å²) in [6.07, 6.45) is -1.65. The molecule has 4 heteroatoms. The van der Waals surface area contributed by atoms with Crippen LogP contribution >= 0.6 is 0 Å². The highest BCUT2D eigenvalue weighted by Crippen LogP contribution is 2.19. The maximum atomic E-state index is 13.3. The molecule has 3 nitrogen and oxygen atoms in total. The van der Waals surface area contributed by atoms with Crippen LogP contribution < -0.4 is 5.73 Å². The standard InChI is InChI=1S/C9H10FNO2/c10-7(8(11)9(12)13)6-4-2-1-3-5-6/h1-5,7-8H,11H2,(H,12,13)/t7?,8-/m0/s1. The van der Waals surface area contributed by atoms with Crippen molar-refractivity contribution in [3.63, 3.8) is 0 Å². The third-order valence-corrected chi connectivity index (χ3v) is 1.72. The van der Waals surface area contributed by atoms with Gasteiger partial charge in [0.15, 0.2) is 6.17 Å². The van der Waals surface area contributed by atoms with E-state index < -0.39 is 18.2 Å². The van der Waals surface area contributed by atoms with Crippen LogP contribution in [0.4, 0.5) is 4.39 Å². The number of alkyl halides is 1. The summed E-state index contributed by atoms with van der Waals surface area (Å²) in [5, 5.41) is 8.45. The first-order valence-electron chi connectivity index (χ1n) is 3.80. The number of carbonyl (C=O) groups is 1. The van der Waals surface area contributed by atoms with E-state index >= 15 is 0 Å². The maximum absolute atomic E-state index is 13.3. The van der Waals surface area contributed by atoms with Gasteiger partial charge in [-0.25, -0.2) is 4.39 Å². The molecule has 1 rings (SSSR count).